The average molecular weight is 389 g/mol. The van der Waals surface area contributed by atoms with Gasteiger partial charge in [-0.05, 0) is 35.5 Å². The summed E-state index contributed by atoms with van der Waals surface area (Å²) in [5.41, 5.74) is 0. The third kappa shape index (κ3) is 4.87. The van der Waals surface area contributed by atoms with Crippen molar-refractivity contribution < 1.29 is 19.1 Å². The first-order valence-electron chi connectivity index (χ1n) is 11.2. The minimum absolute atomic E-state index is 0.265. The van der Waals surface area contributed by atoms with Gasteiger partial charge < -0.3 is 9.47 Å². The predicted molar refractivity (Wildman–Crippen MR) is 109 cm³/mol. The molecule has 0 saturated heterocycles. The molecule has 0 aromatic carbocycles. The molecule has 0 aliphatic heterocycles. The van der Waals surface area contributed by atoms with Crippen LogP contribution in [0.25, 0.3) is 0 Å². The first kappa shape index (κ1) is 21.1. The van der Waals surface area contributed by atoms with Crippen LogP contribution in [0.15, 0.2) is 24.3 Å². The van der Waals surface area contributed by atoms with E-state index in [-0.39, 0.29) is 11.9 Å². The zero-order chi connectivity index (χ0) is 19.9. The zero-order valence-electron chi connectivity index (χ0n) is 17.5. The second kappa shape index (κ2) is 10.3. The Morgan fingerprint density at radius 3 is 1.32 bits per heavy atom. The fourth-order valence-electron chi connectivity index (χ4n) is 6.20. The van der Waals surface area contributed by atoms with Crippen molar-refractivity contribution in [1.29, 1.82) is 0 Å². The summed E-state index contributed by atoms with van der Waals surface area (Å²) < 4.78 is 9.70. The molecule has 3 aliphatic carbocycles. The molecule has 0 aromatic rings. The smallest absolute Gasteiger partial charge is 0.330 e. The molecule has 28 heavy (non-hydrogen) atoms. The Kier molecular flexibility index (Phi) is 7.75. The lowest BCUT2D eigenvalue weighted by Crippen LogP contribution is -2.52. The van der Waals surface area contributed by atoms with Gasteiger partial charge in [-0.15, -0.1) is 0 Å². The Hall–Kier alpha value is -1.58. The van der Waals surface area contributed by atoms with Gasteiger partial charge in [0.2, 0.25) is 0 Å². The first-order valence-corrected chi connectivity index (χ1v) is 11.2. The van der Waals surface area contributed by atoms with Gasteiger partial charge in [0.1, 0.15) is 0 Å². The Balaban J connectivity index is 1.85. The van der Waals surface area contributed by atoms with E-state index in [2.05, 4.69) is 12.2 Å². The minimum atomic E-state index is -0.265. The molecule has 0 heterocycles. The van der Waals surface area contributed by atoms with Crippen molar-refractivity contribution in [2.24, 2.45) is 35.5 Å². The fraction of sp³-hybridized carbons (Fsp3) is 0.750. The number of carbonyl (C=O) groups is 2. The van der Waals surface area contributed by atoms with Gasteiger partial charge in [0.25, 0.3) is 0 Å². The third-order valence-corrected chi connectivity index (χ3v) is 7.48. The summed E-state index contributed by atoms with van der Waals surface area (Å²) in [5, 5.41) is 0. The third-order valence-electron chi connectivity index (χ3n) is 7.48. The lowest BCUT2D eigenvalue weighted by molar-refractivity contribution is -0.135. The van der Waals surface area contributed by atoms with E-state index < -0.39 is 0 Å². The van der Waals surface area contributed by atoms with Gasteiger partial charge in [-0.25, -0.2) is 9.59 Å². The van der Waals surface area contributed by atoms with Crippen LogP contribution in [-0.2, 0) is 19.1 Å². The van der Waals surface area contributed by atoms with Crippen molar-refractivity contribution in [3.63, 3.8) is 0 Å². The van der Waals surface area contributed by atoms with Crippen molar-refractivity contribution in [2.75, 3.05) is 14.2 Å². The summed E-state index contributed by atoms with van der Waals surface area (Å²) in [6, 6.07) is 0. The van der Waals surface area contributed by atoms with Crippen LogP contribution in [0.5, 0.6) is 0 Å². The van der Waals surface area contributed by atoms with Gasteiger partial charge in [-0.2, -0.15) is 0 Å². The SMILES string of the molecule is COC(=O)C=CC1C(C2CCCCC2)C(C=CC(=O)OC)C1C1CCCCC1. The highest BCUT2D eigenvalue weighted by Gasteiger charge is 2.53. The van der Waals surface area contributed by atoms with E-state index >= 15 is 0 Å². The second-order valence-electron chi connectivity index (χ2n) is 8.87. The summed E-state index contributed by atoms with van der Waals surface area (Å²) in [7, 11) is 2.87. The molecule has 0 radical (unpaired) electrons. The molecule has 0 aromatic heterocycles. The maximum atomic E-state index is 11.8. The molecule has 3 aliphatic rings. The number of hydrogen-bond donors (Lipinski definition) is 0. The zero-order valence-corrected chi connectivity index (χ0v) is 17.5. The Bertz CT molecular complexity index is 521. The molecule has 0 amide bonds. The van der Waals surface area contributed by atoms with Crippen LogP contribution in [-0.4, -0.2) is 26.2 Å². The van der Waals surface area contributed by atoms with E-state index in [0.717, 1.165) is 0 Å². The lowest BCUT2D eigenvalue weighted by Gasteiger charge is -2.57. The molecule has 4 nitrogen and oxygen atoms in total. The van der Waals surface area contributed by atoms with Crippen molar-refractivity contribution in [3.05, 3.63) is 24.3 Å². The minimum Gasteiger partial charge on any atom is -0.466 e. The molecule has 3 fully saturated rings. The van der Waals surface area contributed by atoms with Crippen molar-refractivity contribution in [2.45, 2.75) is 64.2 Å². The molecule has 4 heteroatoms. The van der Waals surface area contributed by atoms with Gasteiger partial charge in [0, 0.05) is 12.2 Å². The summed E-state index contributed by atoms with van der Waals surface area (Å²) in [4.78, 5) is 23.5. The summed E-state index contributed by atoms with van der Waals surface area (Å²) in [6.07, 6.45) is 20.5. The number of ether oxygens (including phenoxy) is 2. The number of carbonyl (C=O) groups excluding carboxylic acids is 2. The van der Waals surface area contributed by atoms with Crippen molar-refractivity contribution >= 4 is 11.9 Å². The topological polar surface area (TPSA) is 52.6 Å². The predicted octanol–water partition coefficient (Wildman–Crippen LogP) is 5.08. The van der Waals surface area contributed by atoms with Crippen LogP contribution in [0.4, 0.5) is 0 Å². The number of rotatable bonds is 6. The molecule has 0 N–H and O–H groups in total. The molecule has 156 valence electrons. The highest BCUT2D eigenvalue weighted by atomic mass is 16.5. The molecule has 0 spiro atoms. The summed E-state index contributed by atoms with van der Waals surface area (Å²) in [6.45, 7) is 0. The summed E-state index contributed by atoms with van der Waals surface area (Å²) in [5.74, 6) is 2.72. The van der Waals surface area contributed by atoms with Gasteiger partial charge in [-0.1, -0.05) is 76.4 Å². The van der Waals surface area contributed by atoms with Crippen LogP contribution in [0.3, 0.4) is 0 Å². The van der Waals surface area contributed by atoms with Crippen molar-refractivity contribution in [3.8, 4) is 0 Å². The van der Waals surface area contributed by atoms with Gasteiger partial charge >= 0.3 is 11.9 Å². The van der Waals surface area contributed by atoms with E-state index in [1.54, 1.807) is 12.2 Å². The van der Waals surface area contributed by atoms with Crippen LogP contribution < -0.4 is 0 Å². The van der Waals surface area contributed by atoms with Crippen LogP contribution in [0.2, 0.25) is 0 Å². The van der Waals surface area contributed by atoms with Crippen LogP contribution in [0, 0.1) is 35.5 Å². The molecular weight excluding hydrogens is 352 g/mol. The first-order chi connectivity index (χ1) is 13.7. The Morgan fingerprint density at radius 1 is 0.643 bits per heavy atom. The molecule has 0 atom stereocenters. The van der Waals surface area contributed by atoms with E-state index in [1.807, 2.05) is 0 Å². The highest BCUT2D eigenvalue weighted by Crippen LogP contribution is 2.59. The second-order valence-corrected chi connectivity index (χ2v) is 8.87. The molecule has 3 saturated carbocycles. The molecule has 3 rings (SSSR count). The van der Waals surface area contributed by atoms with E-state index in [4.69, 9.17) is 9.47 Å². The quantitative estimate of drug-likeness (QED) is 0.470. The maximum absolute atomic E-state index is 11.8. The molecular formula is C24H36O4. The van der Waals surface area contributed by atoms with E-state index in [0.29, 0.717) is 35.5 Å². The van der Waals surface area contributed by atoms with Crippen molar-refractivity contribution in [1.82, 2.24) is 0 Å². The fourth-order valence-corrected chi connectivity index (χ4v) is 6.20. The normalized spacial score (nSPS) is 32.4. The van der Waals surface area contributed by atoms with Crippen LogP contribution in [0.1, 0.15) is 64.2 Å². The standard InChI is InChI=1S/C24H36O4/c1-27-21(25)15-13-19-23(17-9-5-3-6-10-17)20(14-16-22(26)28-2)24(19)18-11-7-4-8-12-18/h13-20,23-24H,3-12H2,1-2H3. The highest BCUT2D eigenvalue weighted by molar-refractivity contribution is 5.82. The van der Waals surface area contributed by atoms with E-state index in [9.17, 15) is 9.59 Å². The maximum Gasteiger partial charge on any atom is 0.330 e. The van der Waals surface area contributed by atoms with Crippen LogP contribution >= 0.6 is 0 Å². The monoisotopic (exact) mass is 388 g/mol. The van der Waals surface area contributed by atoms with E-state index in [1.165, 1.54) is 78.4 Å². The van der Waals surface area contributed by atoms with Gasteiger partial charge in [0.05, 0.1) is 14.2 Å². The summed E-state index contributed by atoms with van der Waals surface area (Å²) >= 11 is 0. The van der Waals surface area contributed by atoms with Gasteiger partial charge in [0.15, 0.2) is 0 Å². The number of esters is 2. The Morgan fingerprint density at radius 2 is 1.00 bits per heavy atom. The largest absolute Gasteiger partial charge is 0.466 e. The lowest BCUT2D eigenvalue weighted by atomic mass is 9.47. The average Bonchev–Trinajstić information content (AvgIpc) is 2.73. The Labute approximate surface area is 169 Å². The number of allylic oxidation sites excluding steroid dienone is 2. The molecule has 0 bridgehead atoms. The number of hydrogen-bond acceptors (Lipinski definition) is 4. The van der Waals surface area contributed by atoms with Gasteiger partial charge in [-0.3, -0.25) is 0 Å². The number of methoxy groups -OCH3 is 2. The molecule has 0 unspecified atom stereocenters.